The van der Waals surface area contributed by atoms with Crippen LogP contribution < -0.4 is 5.32 Å². The molecule has 2 heterocycles. The highest BCUT2D eigenvalue weighted by atomic mass is 16.2. The molecule has 2 rings (SSSR count). The van der Waals surface area contributed by atoms with Crippen LogP contribution in [0, 0.1) is 5.92 Å². The lowest BCUT2D eigenvalue weighted by Crippen LogP contribution is -2.40. The highest BCUT2D eigenvalue weighted by Gasteiger charge is 2.32. The highest BCUT2D eigenvalue weighted by Crippen LogP contribution is 2.19. The molecule has 0 aromatic heterocycles. The lowest BCUT2D eigenvalue weighted by molar-refractivity contribution is -0.128. The fraction of sp³-hybridized carbons (Fsp3) is 0.917. The summed E-state index contributed by atoms with van der Waals surface area (Å²) in [5.41, 5.74) is 0. The van der Waals surface area contributed by atoms with Gasteiger partial charge in [0.1, 0.15) is 0 Å². The summed E-state index contributed by atoms with van der Waals surface area (Å²) in [4.78, 5) is 16.2. The van der Waals surface area contributed by atoms with Crippen LogP contribution >= 0.6 is 0 Å². The van der Waals surface area contributed by atoms with Crippen LogP contribution in [0.25, 0.3) is 0 Å². The fourth-order valence-electron chi connectivity index (χ4n) is 2.81. The first-order chi connectivity index (χ1) is 7.74. The summed E-state index contributed by atoms with van der Waals surface area (Å²) in [7, 11) is 0. The summed E-state index contributed by atoms with van der Waals surface area (Å²) in [6.45, 7) is 9.32. The van der Waals surface area contributed by atoms with Gasteiger partial charge >= 0.3 is 0 Å². The predicted octanol–water partition coefficient (Wildman–Crippen LogP) is 0.496. The highest BCUT2D eigenvalue weighted by molar-refractivity contribution is 5.80. The average Bonchev–Trinajstić information content (AvgIpc) is 2.88. The molecule has 2 unspecified atom stereocenters. The van der Waals surface area contributed by atoms with E-state index in [1.165, 1.54) is 13.0 Å². The molecule has 2 aliphatic heterocycles. The molecule has 0 aromatic rings. The first-order valence-corrected chi connectivity index (χ1v) is 6.49. The van der Waals surface area contributed by atoms with E-state index in [1.807, 2.05) is 4.90 Å². The molecule has 2 atom stereocenters. The molecule has 0 aliphatic carbocycles. The molecule has 4 nitrogen and oxygen atoms in total. The summed E-state index contributed by atoms with van der Waals surface area (Å²) < 4.78 is 0. The zero-order valence-electron chi connectivity index (χ0n) is 10.4. The van der Waals surface area contributed by atoms with Gasteiger partial charge in [-0.15, -0.1) is 0 Å². The maximum absolute atomic E-state index is 11.7. The molecule has 2 saturated heterocycles. The number of nitrogens with one attached hydrogen (secondary N) is 1. The molecule has 4 heteroatoms. The van der Waals surface area contributed by atoms with Crippen molar-refractivity contribution in [1.29, 1.82) is 0 Å². The minimum absolute atomic E-state index is 0.279. The van der Waals surface area contributed by atoms with Gasteiger partial charge in [0.2, 0.25) is 5.91 Å². The van der Waals surface area contributed by atoms with E-state index in [0.717, 1.165) is 26.1 Å². The third-order valence-corrected chi connectivity index (χ3v) is 3.84. The Balaban J connectivity index is 1.86. The standard InChI is InChI=1S/C12H23N3O/c1-3-11-13-7-12(16)15(11)9-10-5-6-14(4-2)8-10/h10-11,13H,3-9H2,1-2H3. The van der Waals surface area contributed by atoms with Crippen molar-refractivity contribution in [2.24, 2.45) is 5.92 Å². The van der Waals surface area contributed by atoms with E-state index in [9.17, 15) is 4.79 Å². The van der Waals surface area contributed by atoms with Crippen molar-refractivity contribution in [3.63, 3.8) is 0 Å². The third-order valence-electron chi connectivity index (χ3n) is 3.84. The Bertz CT molecular complexity index is 257. The van der Waals surface area contributed by atoms with Crippen LogP contribution in [-0.4, -0.2) is 54.6 Å². The fourth-order valence-corrected chi connectivity index (χ4v) is 2.81. The summed E-state index contributed by atoms with van der Waals surface area (Å²) in [5.74, 6) is 0.958. The van der Waals surface area contributed by atoms with E-state index in [-0.39, 0.29) is 12.1 Å². The number of amides is 1. The maximum Gasteiger partial charge on any atom is 0.237 e. The van der Waals surface area contributed by atoms with Gasteiger partial charge in [-0.3, -0.25) is 10.1 Å². The third kappa shape index (κ3) is 2.38. The number of carbonyl (C=O) groups excluding carboxylic acids is 1. The lowest BCUT2D eigenvalue weighted by Gasteiger charge is -2.26. The Morgan fingerprint density at radius 1 is 1.44 bits per heavy atom. The molecule has 0 aromatic carbocycles. The van der Waals surface area contributed by atoms with Gasteiger partial charge in [-0.1, -0.05) is 13.8 Å². The van der Waals surface area contributed by atoms with Gasteiger partial charge < -0.3 is 9.80 Å². The number of hydrogen-bond donors (Lipinski definition) is 1. The van der Waals surface area contributed by atoms with Gasteiger partial charge in [0.15, 0.2) is 0 Å². The van der Waals surface area contributed by atoms with Crippen LogP contribution in [0.15, 0.2) is 0 Å². The number of nitrogens with zero attached hydrogens (tertiary/aromatic N) is 2. The average molecular weight is 225 g/mol. The molecular weight excluding hydrogens is 202 g/mol. The Labute approximate surface area is 98.0 Å². The largest absolute Gasteiger partial charge is 0.326 e. The van der Waals surface area contributed by atoms with Crippen LogP contribution in [-0.2, 0) is 4.79 Å². The topological polar surface area (TPSA) is 35.6 Å². The van der Waals surface area contributed by atoms with Gasteiger partial charge in [0.25, 0.3) is 0 Å². The van der Waals surface area contributed by atoms with Gasteiger partial charge in [-0.05, 0) is 31.8 Å². The maximum atomic E-state index is 11.7. The van der Waals surface area contributed by atoms with E-state index in [2.05, 4.69) is 24.1 Å². The molecular formula is C12H23N3O. The predicted molar refractivity (Wildman–Crippen MR) is 64.0 cm³/mol. The number of likely N-dealkylation sites (tertiary alicyclic amines) is 1. The van der Waals surface area contributed by atoms with Crippen LogP contribution in [0.2, 0.25) is 0 Å². The van der Waals surface area contributed by atoms with Crippen molar-refractivity contribution in [3.8, 4) is 0 Å². The second kappa shape index (κ2) is 5.15. The van der Waals surface area contributed by atoms with Crippen LogP contribution in [0.3, 0.4) is 0 Å². The van der Waals surface area contributed by atoms with Crippen molar-refractivity contribution in [2.75, 3.05) is 32.7 Å². The zero-order chi connectivity index (χ0) is 11.5. The van der Waals surface area contributed by atoms with E-state index in [1.54, 1.807) is 0 Å². The summed E-state index contributed by atoms with van der Waals surface area (Å²) in [6, 6.07) is 0. The first-order valence-electron chi connectivity index (χ1n) is 6.49. The molecule has 92 valence electrons. The van der Waals surface area contributed by atoms with Crippen LogP contribution in [0.5, 0.6) is 0 Å². The Kier molecular flexibility index (Phi) is 3.82. The Hall–Kier alpha value is -0.610. The molecule has 0 saturated carbocycles. The molecule has 0 bridgehead atoms. The van der Waals surface area contributed by atoms with Crippen molar-refractivity contribution < 1.29 is 4.79 Å². The van der Waals surface area contributed by atoms with Gasteiger partial charge in [0, 0.05) is 13.1 Å². The first kappa shape index (κ1) is 11.9. The molecule has 16 heavy (non-hydrogen) atoms. The van der Waals surface area contributed by atoms with Crippen molar-refractivity contribution in [3.05, 3.63) is 0 Å². The van der Waals surface area contributed by atoms with E-state index < -0.39 is 0 Å². The van der Waals surface area contributed by atoms with E-state index in [4.69, 9.17) is 0 Å². The smallest absolute Gasteiger partial charge is 0.237 e. The Morgan fingerprint density at radius 3 is 2.88 bits per heavy atom. The summed E-state index contributed by atoms with van der Waals surface area (Å²) >= 11 is 0. The number of hydrogen-bond acceptors (Lipinski definition) is 3. The van der Waals surface area contributed by atoms with Crippen molar-refractivity contribution >= 4 is 5.91 Å². The molecule has 2 fully saturated rings. The molecule has 0 radical (unpaired) electrons. The second-order valence-electron chi connectivity index (χ2n) is 4.90. The zero-order valence-corrected chi connectivity index (χ0v) is 10.4. The van der Waals surface area contributed by atoms with Gasteiger partial charge in [-0.25, -0.2) is 0 Å². The van der Waals surface area contributed by atoms with Gasteiger partial charge in [-0.2, -0.15) is 0 Å². The summed E-state index contributed by atoms with van der Waals surface area (Å²) in [5, 5.41) is 3.27. The van der Waals surface area contributed by atoms with E-state index in [0.29, 0.717) is 12.5 Å². The molecule has 1 N–H and O–H groups in total. The minimum Gasteiger partial charge on any atom is -0.326 e. The number of rotatable bonds is 4. The molecule has 1 amide bonds. The molecule has 0 spiro atoms. The SMILES string of the molecule is CCC1NCC(=O)N1CC1CCN(CC)C1. The van der Waals surface area contributed by atoms with Crippen molar-refractivity contribution in [2.45, 2.75) is 32.9 Å². The Morgan fingerprint density at radius 2 is 2.25 bits per heavy atom. The quantitative estimate of drug-likeness (QED) is 0.756. The molecule has 2 aliphatic rings. The monoisotopic (exact) mass is 225 g/mol. The van der Waals surface area contributed by atoms with Crippen molar-refractivity contribution in [1.82, 2.24) is 15.1 Å². The van der Waals surface area contributed by atoms with E-state index >= 15 is 0 Å². The number of carbonyl (C=O) groups is 1. The van der Waals surface area contributed by atoms with Crippen LogP contribution in [0.1, 0.15) is 26.7 Å². The van der Waals surface area contributed by atoms with Gasteiger partial charge in [0.05, 0.1) is 12.7 Å². The second-order valence-corrected chi connectivity index (χ2v) is 4.90. The normalized spacial score (nSPS) is 31.6. The summed E-state index contributed by atoms with van der Waals surface area (Å²) in [6.07, 6.45) is 2.53. The minimum atomic E-state index is 0.279. The lowest BCUT2D eigenvalue weighted by atomic mass is 10.1. The van der Waals surface area contributed by atoms with Crippen LogP contribution in [0.4, 0.5) is 0 Å².